The lowest BCUT2D eigenvalue weighted by Gasteiger charge is -2.15. The minimum absolute atomic E-state index is 0.106. The number of aromatic nitrogens is 3. The number of para-hydroxylation sites is 1. The smallest absolute Gasteiger partial charge is 0.320 e. The van der Waals surface area contributed by atoms with Gasteiger partial charge in [-0.2, -0.15) is 13.2 Å². The summed E-state index contributed by atoms with van der Waals surface area (Å²) in [5.74, 6) is -0.576. The average Bonchev–Trinajstić information content (AvgIpc) is 3.18. The molecule has 0 bridgehead atoms. The summed E-state index contributed by atoms with van der Waals surface area (Å²) in [5.41, 5.74) is 1.10. The molecule has 1 amide bonds. The first-order chi connectivity index (χ1) is 13.8. The van der Waals surface area contributed by atoms with Crippen LogP contribution in [0.4, 0.5) is 18.9 Å². The molecule has 0 fully saturated rings. The summed E-state index contributed by atoms with van der Waals surface area (Å²) < 4.78 is 40.7. The maximum absolute atomic E-state index is 13.2. The molecular formula is C20H18ClF3N4O. The fourth-order valence-electron chi connectivity index (χ4n) is 3.04. The summed E-state index contributed by atoms with van der Waals surface area (Å²) in [7, 11) is 0. The topological polar surface area (TPSA) is 59.8 Å². The van der Waals surface area contributed by atoms with Crippen LogP contribution in [0.15, 0.2) is 42.6 Å². The highest BCUT2D eigenvalue weighted by Gasteiger charge is 2.34. The maximum Gasteiger partial charge on any atom is 0.418 e. The van der Waals surface area contributed by atoms with Gasteiger partial charge in [-0.3, -0.25) is 4.79 Å². The third-order valence-electron chi connectivity index (χ3n) is 4.50. The summed E-state index contributed by atoms with van der Waals surface area (Å²) in [6.45, 7) is 3.86. The lowest BCUT2D eigenvalue weighted by atomic mass is 10.0. The number of nitrogens with one attached hydrogen (secondary N) is 1. The Kier molecular flexibility index (Phi) is 5.93. The van der Waals surface area contributed by atoms with Gasteiger partial charge < -0.3 is 5.32 Å². The normalized spacial score (nSPS) is 11.5. The number of anilines is 1. The van der Waals surface area contributed by atoms with E-state index in [1.807, 2.05) is 19.9 Å². The number of carbonyl (C=O) groups is 1. The summed E-state index contributed by atoms with van der Waals surface area (Å²) in [4.78, 5) is 12.7. The molecular weight excluding hydrogens is 405 g/mol. The van der Waals surface area contributed by atoms with Crippen molar-refractivity contribution < 1.29 is 18.0 Å². The zero-order chi connectivity index (χ0) is 21.2. The average molecular weight is 423 g/mol. The summed E-state index contributed by atoms with van der Waals surface area (Å²) in [6, 6.07) is 8.56. The molecule has 1 aromatic heterocycles. The van der Waals surface area contributed by atoms with E-state index in [1.54, 1.807) is 6.07 Å². The summed E-state index contributed by atoms with van der Waals surface area (Å²) >= 11 is 6.24. The monoisotopic (exact) mass is 422 g/mol. The highest BCUT2D eigenvalue weighted by Crippen LogP contribution is 2.33. The molecule has 2 aromatic carbocycles. The van der Waals surface area contributed by atoms with Crippen molar-refractivity contribution in [1.82, 2.24) is 15.0 Å². The molecule has 0 saturated carbocycles. The number of benzene rings is 2. The molecule has 0 spiro atoms. The number of aryl methyl sites for hydroxylation is 1. The van der Waals surface area contributed by atoms with Gasteiger partial charge in [0.25, 0.3) is 5.91 Å². The minimum atomic E-state index is -4.56. The van der Waals surface area contributed by atoms with Crippen molar-refractivity contribution in [3.8, 4) is 5.69 Å². The molecule has 3 rings (SSSR count). The molecule has 1 N–H and O–H groups in total. The second-order valence-electron chi connectivity index (χ2n) is 6.28. The van der Waals surface area contributed by atoms with E-state index in [2.05, 4.69) is 15.6 Å². The van der Waals surface area contributed by atoms with Crippen LogP contribution in [-0.2, 0) is 19.0 Å². The van der Waals surface area contributed by atoms with Crippen molar-refractivity contribution in [3.05, 3.63) is 70.0 Å². The van der Waals surface area contributed by atoms with Crippen LogP contribution in [0.2, 0.25) is 5.02 Å². The Morgan fingerprint density at radius 2 is 1.86 bits per heavy atom. The largest absolute Gasteiger partial charge is 0.418 e. The van der Waals surface area contributed by atoms with E-state index in [1.165, 1.54) is 24.4 Å². The molecule has 5 nitrogen and oxygen atoms in total. The predicted molar refractivity (Wildman–Crippen MR) is 105 cm³/mol. The Hall–Kier alpha value is -2.87. The van der Waals surface area contributed by atoms with Crippen molar-refractivity contribution in [2.24, 2.45) is 0 Å². The van der Waals surface area contributed by atoms with Crippen molar-refractivity contribution in [2.75, 3.05) is 5.32 Å². The van der Waals surface area contributed by atoms with Crippen LogP contribution in [0.25, 0.3) is 5.69 Å². The van der Waals surface area contributed by atoms with E-state index >= 15 is 0 Å². The Morgan fingerprint density at radius 1 is 1.14 bits per heavy atom. The SMILES string of the molecule is CCc1ccc(Cl)c(CC)c1NC(=O)c1cn(-c2ccccc2C(F)(F)F)nn1. The van der Waals surface area contributed by atoms with Gasteiger partial charge >= 0.3 is 6.18 Å². The number of alkyl halides is 3. The van der Waals surface area contributed by atoms with Crippen molar-refractivity contribution >= 4 is 23.2 Å². The highest BCUT2D eigenvalue weighted by atomic mass is 35.5. The predicted octanol–water partition coefficient (Wildman–Crippen LogP) is 5.32. The van der Waals surface area contributed by atoms with Crippen molar-refractivity contribution in [2.45, 2.75) is 32.9 Å². The number of halogens is 4. The number of nitrogens with zero attached hydrogens (tertiary/aromatic N) is 3. The summed E-state index contributed by atoms with van der Waals surface area (Å²) in [5, 5.41) is 10.8. The molecule has 0 aliphatic heterocycles. The van der Waals surface area contributed by atoms with Crippen molar-refractivity contribution in [1.29, 1.82) is 0 Å². The number of rotatable bonds is 5. The second-order valence-corrected chi connectivity index (χ2v) is 6.69. The van der Waals surface area contributed by atoms with E-state index in [0.29, 0.717) is 23.6 Å². The van der Waals surface area contributed by atoms with Crippen LogP contribution in [0.1, 0.15) is 41.0 Å². The Bertz CT molecular complexity index is 1050. The molecule has 0 aliphatic rings. The molecule has 0 aliphatic carbocycles. The molecule has 9 heteroatoms. The van der Waals surface area contributed by atoms with E-state index < -0.39 is 17.6 Å². The van der Waals surface area contributed by atoms with Crippen molar-refractivity contribution in [3.63, 3.8) is 0 Å². The molecule has 152 valence electrons. The second kappa shape index (κ2) is 8.24. The maximum atomic E-state index is 13.2. The van der Waals surface area contributed by atoms with Gasteiger partial charge in [0.15, 0.2) is 5.69 Å². The van der Waals surface area contributed by atoms with Crippen LogP contribution in [0.5, 0.6) is 0 Å². The molecule has 1 heterocycles. The number of carbonyl (C=O) groups excluding carboxylic acids is 1. The zero-order valence-electron chi connectivity index (χ0n) is 15.7. The Labute approximate surface area is 170 Å². The van der Waals surface area contributed by atoms with Gasteiger partial charge in [-0.1, -0.05) is 48.9 Å². The third kappa shape index (κ3) is 4.27. The standard InChI is InChI=1S/C20H18ClF3N4O/c1-3-12-9-10-15(21)13(4-2)18(12)25-19(29)16-11-28(27-26-16)17-8-6-5-7-14(17)20(22,23)24/h5-11H,3-4H2,1-2H3,(H,25,29). The van der Waals surface area contributed by atoms with Gasteiger partial charge in [-0.05, 0) is 42.2 Å². The lowest BCUT2D eigenvalue weighted by Crippen LogP contribution is -2.15. The van der Waals surface area contributed by atoms with E-state index in [4.69, 9.17) is 11.6 Å². The molecule has 0 radical (unpaired) electrons. The molecule has 0 saturated heterocycles. The number of hydrogen-bond donors (Lipinski definition) is 1. The fraction of sp³-hybridized carbons (Fsp3) is 0.250. The first-order valence-corrected chi connectivity index (χ1v) is 9.34. The zero-order valence-corrected chi connectivity index (χ0v) is 16.5. The van der Waals surface area contributed by atoms with Gasteiger partial charge in [-0.15, -0.1) is 5.10 Å². The first-order valence-electron chi connectivity index (χ1n) is 8.96. The van der Waals surface area contributed by atoms with Crippen LogP contribution >= 0.6 is 11.6 Å². The van der Waals surface area contributed by atoms with Gasteiger partial charge in [-0.25, -0.2) is 4.68 Å². The van der Waals surface area contributed by atoms with Crippen LogP contribution < -0.4 is 5.32 Å². The summed E-state index contributed by atoms with van der Waals surface area (Å²) in [6.07, 6.45) is -2.11. The number of amides is 1. The molecule has 0 unspecified atom stereocenters. The van der Waals surface area contributed by atoms with E-state index in [9.17, 15) is 18.0 Å². The van der Waals surface area contributed by atoms with E-state index in [-0.39, 0.29) is 11.4 Å². The minimum Gasteiger partial charge on any atom is -0.320 e. The van der Waals surface area contributed by atoms with Gasteiger partial charge in [0.1, 0.15) is 0 Å². The van der Waals surface area contributed by atoms with Crippen LogP contribution in [0.3, 0.4) is 0 Å². The van der Waals surface area contributed by atoms with Crippen LogP contribution in [0, 0.1) is 0 Å². The highest BCUT2D eigenvalue weighted by molar-refractivity contribution is 6.32. The third-order valence-corrected chi connectivity index (χ3v) is 4.85. The van der Waals surface area contributed by atoms with Gasteiger partial charge in [0.05, 0.1) is 17.4 Å². The Balaban J connectivity index is 1.94. The quantitative estimate of drug-likeness (QED) is 0.605. The fourth-order valence-corrected chi connectivity index (χ4v) is 3.33. The molecule has 29 heavy (non-hydrogen) atoms. The number of hydrogen-bond acceptors (Lipinski definition) is 3. The lowest BCUT2D eigenvalue weighted by molar-refractivity contribution is -0.137. The molecule has 3 aromatic rings. The Morgan fingerprint density at radius 3 is 2.52 bits per heavy atom. The van der Waals surface area contributed by atoms with Gasteiger partial charge in [0, 0.05) is 10.7 Å². The van der Waals surface area contributed by atoms with Gasteiger partial charge in [0.2, 0.25) is 0 Å². The van der Waals surface area contributed by atoms with E-state index in [0.717, 1.165) is 21.9 Å². The molecule has 0 atom stereocenters. The first kappa shape index (κ1) is 20.9. The van der Waals surface area contributed by atoms with Crippen LogP contribution in [-0.4, -0.2) is 20.9 Å².